The molecule has 0 fully saturated rings. The summed E-state index contributed by atoms with van der Waals surface area (Å²) >= 11 is 14.7. The molecule has 1 aliphatic rings. The fourth-order valence-corrected chi connectivity index (χ4v) is 7.16. The average Bonchev–Trinajstić information content (AvgIpc) is 3.57. The van der Waals surface area contributed by atoms with Gasteiger partial charge >= 0.3 is 0 Å². The molecule has 0 atom stereocenters. The molecule has 0 unspecified atom stereocenters. The van der Waals surface area contributed by atoms with E-state index in [4.69, 9.17) is 27.9 Å². The smallest absolute Gasteiger partial charge is 0.263 e. The summed E-state index contributed by atoms with van der Waals surface area (Å²) < 4.78 is 14.6. The Balaban J connectivity index is 1.24. The molecular formula is C37H39Cl2N4OS+3. The quantitative estimate of drug-likeness (QED) is 0.0936. The Morgan fingerprint density at radius 2 is 1.44 bits per heavy atom. The summed E-state index contributed by atoms with van der Waals surface area (Å²) in [6, 6.07) is 24.5. The van der Waals surface area contributed by atoms with Gasteiger partial charge in [0.15, 0.2) is 37.1 Å². The van der Waals surface area contributed by atoms with Gasteiger partial charge in [-0.25, -0.2) is 9.13 Å². The van der Waals surface area contributed by atoms with Gasteiger partial charge in [-0.05, 0) is 48.7 Å². The number of hydrogen-bond acceptors (Lipinski definition) is 3. The van der Waals surface area contributed by atoms with Gasteiger partial charge in [-0.15, -0.1) is 0 Å². The Kier molecular flexibility index (Phi) is 10.5. The maximum absolute atomic E-state index is 6.48. The van der Waals surface area contributed by atoms with Crippen molar-refractivity contribution in [2.45, 2.75) is 58.7 Å². The molecule has 4 heterocycles. The van der Waals surface area contributed by atoms with E-state index in [9.17, 15) is 0 Å². The monoisotopic (exact) mass is 657 g/mol. The first-order chi connectivity index (χ1) is 22.1. The van der Waals surface area contributed by atoms with E-state index in [0.717, 1.165) is 80.6 Å². The van der Waals surface area contributed by atoms with Crippen LogP contribution in [0.2, 0.25) is 10.0 Å². The molecular weight excluding hydrogens is 619 g/mol. The number of unbranched alkanes of at least 4 members (excludes halogenated alkanes) is 2. The third-order valence-electron chi connectivity index (χ3n) is 8.06. The number of aromatic nitrogens is 3. The minimum Gasteiger partial charge on any atom is -0.439 e. The van der Waals surface area contributed by atoms with Crippen LogP contribution in [0.25, 0.3) is 16.3 Å². The van der Waals surface area contributed by atoms with Gasteiger partial charge in [0.25, 0.3) is 5.01 Å². The fourth-order valence-electron chi connectivity index (χ4n) is 5.68. The second kappa shape index (κ2) is 15.0. The molecule has 5 nitrogen and oxygen atoms in total. The first-order valence-corrected chi connectivity index (χ1v) is 17.3. The maximum atomic E-state index is 6.48. The second-order valence-corrected chi connectivity index (χ2v) is 13.2. The number of nitrogens with zero attached hydrogens (tertiary/aromatic N) is 4. The molecule has 3 aromatic heterocycles. The molecule has 5 aromatic rings. The van der Waals surface area contributed by atoms with E-state index in [1.54, 1.807) is 0 Å². The summed E-state index contributed by atoms with van der Waals surface area (Å²) in [6.45, 7) is 5.97. The zero-order valence-electron chi connectivity index (χ0n) is 25.6. The van der Waals surface area contributed by atoms with Gasteiger partial charge < -0.3 is 9.64 Å². The van der Waals surface area contributed by atoms with E-state index in [0.29, 0.717) is 5.02 Å². The molecule has 0 bridgehead atoms. The molecule has 1 aliphatic heterocycles. The summed E-state index contributed by atoms with van der Waals surface area (Å²) in [4.78, 5) is 2.28. The topological polar surface area (TPSA) is 24.1 Å². The van der Waals surface area contributed by atoms with Crippen molar-refractivity contribution in [1.29, 1.82) is 0 Å². The zero-order valence-corrected chi connectivity index (χ0v) is 27.9. The van der Waals surface area contributed by atoms with Crippen molar-refractivity contribution in [3.8, 4) is 5.75 Å². The van der Waals surface area contributed by atoms with Crippen LogP contribution in [-0.2, 0) is 19.6 Å². The number of aryl methyl sites for hydroxylation is 3. The number of fused-ring (bicyclic) bond motifs is 2. The predicted molar refractivity (Wildman–Crippen MR) is 185 cm³/mol. The van der Waals surface area contributed by atoms with Crippen molar-refractivity contribution in [2.24, 2.45) is 0 Å². The highest BCUT2D eigenvalue weighted by atomic mass is 35.5. The summed E-state index contributed by atoms with van der Waals surface area (Å²) in [5.74, 6) is 1.70. The van der Waals surface area contributed by atoms with E-state index >= 15 is 0 Å². The van der Waals surface area contributed by atoms with Crippen LogP contribution in [0.15, 0.2) is 115 Å². The molecule has 0 saturated carbocycles. The van der Waals surface area contributed by atoms with Gasteiger partial charge in [0.05, 0.1) is 5.69 Å². The third kappa shape index (κ3) is 7.93. The molecule has 6 rings (SSSR count). The number of anilines is 1. The van der Waals surface area contributed by atoms with Crippen LogP contribution in [-0.4, -0.2) is 6.54 Å². The van der Waals surface area contributed by atoms with Crippen LogP contribution >= 0.6 is 34.5 Å². The highest BCUT2D eigenvalue weighted by molar-refractivity contribution is 7.18. The number of ether oxygens (including phenoxy) is 1. The third-order valence-corrected chi connectivity index (χ3v) is 9.64. The highest BCUT2D eigenvalue weighted by Crippen LogP contribution is 2.41. The maximum Gasteiger partial charge on any atom is 0.263 e. The lowest BCUT2D eigenvalue weighted by Crippen LogP contribution is -2.37. The van der Waals surface area contributed by atoms with Gasteiger partial charge in [0, 0.05) is 78.3 Å². The fraction of sp³-hybridized carbons (Fsp3) is 0.270. The highest BCUT2D eigenvalue weighted by Gasteiger charge is 2.27. The van der Waals surface area contributed by atoms with Crippen molar-refractivity contribution in [3.63, 3.8) is 0 Å². The number of rotatable bonds is 13. The molecule has 2 aromatic carbocycles. The van der Waals surface area contributed by atoms with Crippen molar-refractivity contribution >= 4 is 56.5 Å². The van der Waals surface area contributed by atoms with E-state index in [1.165, 1.54) is 20.8 Å². The zero-order chi connectivity index (χ0) is 31.0. The van der Waals surface area contributed by atoms with Crippen LogP contribution in [0.3, 0.4) is 0 Å². The molecule has 0 saturated heterocycles. The van der Waals surface area contributed by atoms with Gasteiger partial charge in [-0.2, -0.15) is 4.57 Å². The van der Waals surface area contributed by atoms with Crippen molar-refractivity contribution in [3.05, 3.63) is 130 Å². The van der Waals surface area contributed by atoms with Gasteiger partial charge in [-0.1, -0.05) is 53.6 Å². The molecule has 0 aliphatic carbocycles. The molecule has 0 N–H and O–H groups in total. The van der Waals surface area contributed by atoms with Gasteiger partial charge in [0.2, 0.25) is 11.4 Å². The minimum absolute atomic E-state index is 0.713. The Bertz CT molecular complexity index is 1800. The van der Waals surface area contributed by atoms with Crippen LogP contribution in [0.5, 0.6) is 5.75 Å². The summed E-state index contributed by atoms with van der Waals surface area (Å²) in [5, 5.41) is 2.70. The largest absolute Gasteiger partial charge is 0.439 e. The van der Waals surface area contributed by atoms with Crippen molar-refractivity contribution in [1.82, 2.24) is 0 Å². The molecule has 45 heavy (non-hydrogen) atoms. The van der Waals surface area contributed by atoms with E-state index in [2.05, 4.69) is 111 Å². The first kappa shape index (κ1) is 31.3. The lowest BCUT2D eigenvalue weighted by molar-refractivity contribution is -0.701. The summed E-state index contributed by atoms with van der Waals surface area (Å²) in [7, 11) is 0. The average molecular weight is 659 g/mol. The lowest BCUT2D eigenvalue weighted by Gasteiger charge is -2.18. The number of hydrogen-bond donors (Lipinski definition) is 0. The standard InChI is InChI=1S/C37H39Cl2N4OS/c1-2-29(25-36-42(32-27-30(38)13-15-34(32)44-36)23-11-9-21-40-17-5-3-6-18-40)26-37-43(33-28-31(39)14-16-35(33)45-37)24-12-10-22-41-19-7-4-8-20-41/h3-8,13-20,25-28H,2,9-12,21-24H2,1H3/q+3. The Hall–Kier alpha value is -3.71. The molecule has 8 heteroatoms. The van der Waals surface area contributed by atoms with Crippen molar-refractivity contribution < 1.29 is 18.4 Å². The Morgan fingerprint density at radius 1 is 0.800 bits per heavy atom. The van der Waals surface area contributed by atoms with Crippen LogP contribution in [0, 0.1) is 0 Å². The normalized spacial score (nSPS) is 13.9. The van der Waals surface area contributed by atoms with Crippen LogP contribution < -0.4 is 23.3 Å². The minimum atomic E-state index is 0.713. The van der Waals surface area contributed by atoms with Gasteiger partial charge in [0.1, 0.15) is 17.8 Å². The number of benzene rings is 2. The Morgan fingerprint density at radius 3 is 2.16 bits per heavy atom. The number of halogens is 2. The molecule has 0 amide bonds. The summed E-state index contributed by atoms with van der Waals surface area (Å²) in [5.41, 5.74) is 3.42. The number of thiazole rings is 1. The number of pyridine rings is 2. The van der Waals surface area contributed by atoms with Crippen LogP contribution in [0.4, 0.5) is 5.69 Å². The molecule has 0 spiro atoms. The SMILES string of the molecule is CCC(=Cc1sc2ccc(Cl)cc2[n+]1CCCC[n+]1ccccc1)C=C1Oc2ccc(Cl)cc2N1CCCC[n+]1ccccc1. The van der Waals surface area contributed by atoms with E-state index in [1.807, 2.05) is 35.6 Å². The van der Waals surface area contributed by atoms with Crippen molar-refractivity contribution in [2.75, 3.05) is 11.4 Å². The first-order valence-electron chi connectivity index (χ1n) is 15.7. The van der Waals surface area contributed by atoms with Crippen LogP contribution in [0.1, 0.15) is 44.0 Å². The Labute approximate surface area is 279 Å². The number of allylic oxidation sites excluding steroid dienone is 2. The second-order valence-electron chi connectivity index (χ2n) is 11.3. The van der Waals surface area contributed by atoms with E-state index in [-0.39, 0.29) is 0 Å². The van der Waals surface area contributed by atoms with Gasteiger partial charge in [-0.3, -0.25) is 0 Å². The predicted octanol–water partition coefficient (Wildman–Crippen LogP) is 8.57. The molecule has 230 valence electrons. The van der Waals surface area contributed by atoms with E-state index < -0.39 is 0 Å². The molecule has 0 radical (unpaired) electrons. The lowest BCUT2D eigenvalue weighted by atomic mass is 10.1. The summed E-state index contributed by atoms with van der Waals surface area (Å²) in [6.07, 6.45) is 18.2.